The number of likely N-dealkylation sites (N-methyl/N-ethyl adjacent to an activating group) is 2. The fraction of sp³-hybridized carbons (Fsp3) is 0.680. The highest BCUT2D eigenvalue weighted by molar-refractivity contribution is 8.77. The van der Waals surface area contributed by atoms with Gasteiger partial charge in [-0.05, 0) is 78.9 Å². The molecule has 1 aliphatic heterocycles. The Labute approximate surface area is 407 Å². The van der Waals surface area contributed by atoms with E-state index in [2.05, 4.69) is 15.6 Å². The number of amides is 5. The van der Waals surface area contributed by atoms with Gasteiger partial charge in [0, 0.05) is 41.1 Å². The van der Waals surface area contributed by atoms with E-state index in [4.69, 9.17) is 14.2 Å². The molecular formula is C50H78N6O9S2. The zero-order valence-electron chi connectivity index (χ0n) is 41.8. The van der Waals surface area contributed by atoms with Crippen molar-refractivity contribution in [2.24, 2.45) is 23.7 Å². The number of ether oxygens (including phenoxy) is 3. The molecule has 1 aliphatic carbocycles. The smallest absolute Gasteiger partial charge is 0.410 e. The molecule has 2 aliphatic rings. The van der Waals surface area contributed by atoms with Gasteiger partial charge in [-0.3, -0.25) is 24.1 Å². The molecule has 1 saturated carbocycles. The van der Waals surface area contributed by atoms with E-state index in [9.17, 15) is 29.1 Å². The van der Waals surface area contributed by atoms with E-state index in [1.54, 1.807) is 72.6 Å². The highest BCUT2D eigenvalue weighted by atomic mass is 33.1. The molecule has 0 radical (unpaired) electrons. The molecule has 1 saturated heterocycles. The summed E-state index contributed by atoms with van der Waals surface area (Å²) in [4.78, 5) is 79.5. The Morgan fingerprint density at radius 1 is 0.881 bits per heavy atom. The minimum atomic E-state index is -0.948. The van der Waals surface area contributed by atoms with Crippen molar-refractivity contribution in [2.75, 3.05) is 41.5 Å². The molecule has 67 heavy (non-hydrogen) atoms. The van der Waals surface area contributed by atoms with E-state index >= 15 is 0 Å². The van der Waals surface area contributed by atoms with Gasteiger partial charge >= 0.3 is 6.09 Å². The number of nitrogens with one attached hydrogen (secondary N) is 2. The molecule has 0 spiro atoms. The molecule has 15 nitrogen and oxygen atoms in total. The van der Waals surface area contributed by atoms with E-state index in [1.165, 1.54) is 12.0 Å². The van der Waals surface area contributed by atoms with Crippen LogP contribution < -0.4 is 10.6 Å². The van der Waals surface area contributed by atoms with Crippen LogP contribution in [0.4, 0.5) is 4.79 Å². The number of benzene rings is 1. The molecule has 2 aromatic rings. The predicted octanol–water partition coefficient (Wildman–Crippen LogP) is 7.14. The molecule has 2 fully saturated rings. The van der Waals surface area contributed by atoms with Crippen molar-refractivity contribution in [3.63, 3.8) is 0 Å². The Bertz CT molecular complexity index is 1890. The number of likely N-dealkylation sites (tertiary alicyclic amines) is 1. The van der Waals surface area contributed by atoms with E-state index in [0.29, 0.717) is 24.9 Å². The summed E-state index contributed by atoms with van der Waals surface area (Å²) in [5, 5.41) is 17.7. The van der Waals surface area contributed by atoms with E-state index in [0.717, 1.165) is 30.7 Å². The van der Waals surface area contributed by atoms with Gasteiger partial charge in [-0.15, -0.1) is 0 Å². The van der Waals surface area contributed by atoms with Gasteiger partial charge < -0.3 is 39.8 Å². The average Bonchev–Trinajstić information content (AvgIpc) is 3.79. The first-order valence-electron chi connectivity index (χ1n) is 23.9. The molecule has 374 valence electrons. The average molecular weight is 971 g/mol. The van der Waals surface area contributed by atoms with E-state index in [1.807, 2.05) is 90.1 Å². The molecule has 4 rings (SSSR count). The van der Waals surface area contributed by atoms with Gasteiger partial charge in [0.25, 0.3) is 0 Å². The minimum Gasteiger partial charge on any atom is -0.448 e. The first-order chi connectivity index (χ1) is 31.8. The first-order valence-corrected chi connectivity index (χ1v) is 26.1. The van der Waals surface area contributed by atoms with Crippen molar-refractivity contribution in [1.82, 2.24) is 30.3 Å². The van der Waals surface area contributed by atoms with Crippen LogP contribution in [0.5, 0.6) is 0 Å². The molecule has 0 bridgehead atoms. The Kier molecular flexibility index (Phi) is 21.8. The first kappa shape index (κ1) is 55.7. The van der Waals surface area contributed by atoms with Crippen molar-refractivity contribution in [3.8, 4) is 0 Å². The third-order valence-electron chi connectivity index (χ3n) is 13.7. The van der Waals surface area contributed by atoms with Crippen LogP contribution in [0.2, 0.25) is 0 Å². The number of aliphatic hydroxyl groups is 1. The highest BCUT2D eigenvalue weighted by Crippen LogP contribution is 2.51. The van der Waals surface area contributed by atoms with Crippen molar-refractivity contribution in [1.29, 1.82) is 0 Å². The summed E-state index contributed by atoms with van der Waals surface area (Å²) in [6.07, 6.45) is 3.78. The van der Waals surface area contributed by atoms with Gasteiger partial charge in [0.1, 0.15) is 23.7 Å². The van der Waals surface area contributed by atoms with Gasteiger partial charge in [-0.25, -0.2) is 9.78 Å². The topological polar surface area (TPSA) is 180 Å². The second-order valence-corrected chi connectivity index (χ2v) is 21.8. The normalized spacial score (nSPS) is 19.7. The quantitative estimate of drug-likeness (QED) is 0.0859. The van der Waals surface area contributed by atoms with Gasteiger partial charge in [-0.1, -0.05) is 108 Å². The number of hydrogen-bond donors (Lipinski definition) is 3. The van der Waals surface area contributed by atoms with Crippen LogP contribution in [0.1, 0.15) is 112 Å². The van der Waals surface area contributed by atoms with E-state index in [-0.39, 0.29) is 59.3 Å². The zero-order chi connectivity index (χ0) is 49.6. The largest absolute Gasteiger partial charge is 0.448 e. The van der Waals surface area contributed by atoms with Crippen LogP contribution in [0.3, 0.4) is 0 Å². The minimum absolute atomic E-state index is 0.0282. The number of carbonyl (C=O) groups excluding carboxylic acids is 5. The van der Waals surface area contributed by atoms with Gasteiger partial charge in [0.15, 0.2) is 0 Å². The molecular weight excluding hydrogens is 893 g/mol. The molecule has 17 heteroatoms. The lowest BCUT2D eigenvalue weighted by Crippen LogP contribution is -2.60. The summed E-state index contributed by atoms with van der Waals surface area (Å²) in [5.74, 6) is -2.64. The summed E-state index contributed by atoms with van der Waals surface area (Å²) in [5.41, 5.74) is 0.695. The van der Waals surface area contributed by atoms with Crippen LogP contribution >= 0.6 is 21.6 Å². The van der Waals surface area contributed by atoms with Crippen LogP contribution in [-0.4, -0.2) is 143 Å². The van der Waals surface area contributed by atoms with Crippen LogP contribution in [0, 0.1) is 23.7 Å². The summed E-state index contributed by atoms with van der Waals surface area (Å²) in [6, 6.07) is 11.5. The number of nitrogens with zero attached hydrogens (tertiary/aromatic N) is 4. The SMILES string of the molecule is CC[C@H](C)[C@@H]([C@@H](CC(=O)N1CCC[C@@H]1[C@H](OC)[C@@H](C)C(=O)N[C@H](C)[C@@H](O)c1ccccc1)OC)N(C)C(=O)[C@@H](NC(=O)[C@H](C(C)C)N(C)C(=O)OCC1(SSc2ccccn2)CCC1)C(C)C. The second-order valence-electron chi connectivity index (χ2n) is 19.2. The fourth-order valence-corrected chi connectivity index (χ4v) is 12.1. The Morgan fingerprint density at radius 3 is 2.10 bits per heavy atom. The number of aromatic nitrogens is 1. The number of pyridine rings is 1. The van der Waals surface area contributed by atoms with Gasteiger partial charge in [0.2, 0.25) is 23.6 Å². The second kappa shape index (κ2) is 26.2. The highest BCUT2D eigenvalue weighted by Gasteiger charge is 2.45. The summed E-state index contributed by atoms with van der Waals surface area (Å²) >= 11 is 0. The maximum Gasteiger partial charge on any atom is 0.410 e. The monoisotopic (exact) mass is 971 g/mol. The predicted molar refractivity (Wildman–Crippen MR) is 264 cm³/mol. The van der Waals surface area contributed by atoms with Crippen molar-refractivity contribution in [2.45, 2.75) is 159 Å². The molecule has 0 unspecified atom stereocenters. The fourth-order valence-electron chi connectivity index (χ4n) is 9.34. The Hall–Kier alpha value is -3.90. The molecule has 1 aromatic carbocycles. The third-order valence-corrected chi connectivity index (χ3v) is 16.9. The molecule has 5 amide bonds. The number of hydrogen-bond acceptors (Lipinski definition) is 12. The summed E-state index contributed by atoms with van der Waals surface area (Å²) in [6.45, 7) is 15.7. The summed E-state index contributed by atoms with van der Waals surface area (Å²) in [7, 11) is 9.56. The number of carbonyl (C=O) groups is 5. The molecule has 2 heterocycles. The maximum absolute atomic E-state index is 14.7. The van der Waals surface area contributed by atoms with Crippen LogP contribution in [0.15, 0.2) is 59.8 Å². The van der Waals surface area contributed by atoms with E-state index < -0.39 is 60.4 Å². The standard InChI is InChI=1S/C50H78N6O9S2/c1-13-33(6)43(38(63-11)29-40(57)56-28-19-23-37(56)45(64-12)34(7)46(59)52-35(8)44(58)36-21-15-14-16-22-36)54(9)48(61)41(31(2)3)53-47(60)42(32(4)5)55(10)49(62)65-30-50(25-20-26-50)67-66-39-24-17-18-27-51-39/h14-18,21-22,24,27,31-35,37-38,41-45,58H,13,19-20,23,25-26,28-30H2,1-12H3,(H,52,59)(H,53,60)/t33-,34+,35+,37+,38+,41-,42-,43-,44+,45+/m0/s1. The molecule has 1 aromatic heterocycles. The van der Waals surface area contributed by atoms with Gasteiger partial charge in [0.05, 0.1) is 53.5 Å². The van der Waals surface area contributed by atoms with Crippen molar-refractivity contribution >= 4 is 51.3 Å². The lowest BCUT2D eigenvalue weighted by Gasteiger charge is -2.41. The van der Waals surface area contributed by atoms with Crippen molar-refractivity contribution in [3.05, 3.63) is 60.3 Å². The Balaban J connectivity index is 1.43. The number of methoxy groups -OCH3 is 2. The lowest BCUT2D eigenvalue weighted by molar-refractivity contribution is -0.148. The zero-order valence-corrected chi connectivity index (χ0v) is 43.4. The summed E-state index contributed by atoms with van der Waals surface area (Å²) < 4.78 is 17.7. The Morgan fingerprint density at radius 2 is 1.55 bits per heavy atom. The third kappa shape index (κ3) is 14.6. The van der Waals surface area contributed by atoms with Crippen LogP contribution in [-0.2, 0) is 33.4 Å². The lowest BCUT2D eigenvalue weighted by atomic mass is 9.85. The molecule has 10 atom stereocenters. The molecule has 3 N–H and O–H groups in total. The van der Waals surface area contributed by atoms with Crippen LogP contribution in [0.25, 0.3) is 0 Å². The number of rotatable bonds is 25. The number of aliphatic hydroxyl groups excluding tert-OH is 1. The van der Waals surface area contributed by atoms with Gasteiger partial charge in [-0.2, -0.15) is 0 Å². The van der Waals surface area contributed by atoms with Crippen molar-refractivity contribution < 1.29 is 43.3 Å². The maximum atomic E-state index is 14.7.